The molecule has 0 spiro atoms. The number of aromatic nitrogens is 1. The van der Waals surface area contributed by atoms with Gasteiger partial charge in [-0.1, -0.05) is 12.1 Å². The number of guanidine groups is 1. The fourth-order valence-electron chi connectivity index (χ4n) is 3.16. The molecule has 1 aliphatic heterocycles. The fraction of sp³-hybridized carbons (Fsp3) is 0.400. The minimum atomic E-state index is -0.358. The number of nitrogens with one attached hydrogen (secondary N) is 2. The van der Waals surface area contributed by atoms with E-state index < -0.39 is 0 Å². The van der Waals surface area contributed by atoms with Crippen LogP contribution in [0.2, 0.25) is 0 Å². The van der Waals surface area contributed by atoms with Crippen molar-refractivity contribution in [2.75, 3.05) is 39.9 Å². The Kier molecular flexibility index (Phi) is 9.68. The quantitative estimate of drug-likeness (QED) is 0.351. The first kappa shape index (κ1) is 23.4. The first-order valence-corrected chi connectivity index (χ1v) is 9.28. The van der Waals surface area contributed by atoms with E-state index >= 15 is 0 Å². The smallest absolute Gasteiger partial charge is 0.191 e. The highest BCUT2D eigenvalue weighted by Gasteiger charge is 2.23. The summed E-state index contributed by atoms with van der Waals surface area (Å²) in [5.41, 5.74) is 1.34. The molecule has 2 N–H and O–H groups in total. The number of rotatable bonds is 6. The van der Waals surface area contributed by atoms with Crippen molar-refractivity contribution >= 4 is 29.9 Å². The van der Waals surface area contributed by atoms with Crippen LogP contribution in [0, 0.1) is 11.6 Å². The van der Waals surface area contributed by atoms with Crippen molar-refractivity contribution in [1.29, 1.82) is 0 Å². The fourth-order valence-corrected chi connectivity index (χ4v) is 3.16. The average Bonchev–Trinajstić information content (AvgIpc) is 2.73. The Bertz CT molecular complexity index is 785. The van der Waals surface area contributed by atoms with Crippen LogP contribution in [0.3, 0.4) is 0 Å². The molecule has 2 heterocycles. The van der Waals surface area contributed by atoms with Gasteiger partial charge in [-0.05, 0) is 29.8 Å². The monoisotopic (exact) mass is 517 g/mol. The Morgan fingerprint density at radius 2 is 1.90 bits per heavy atom. The number of halogens is 3. The maximum Gasteiger partial charge on any atom is 0.191 e. The summed E-state index contributed by atoms with van der Waals surface area (Å²) in [4.78, 5) is 10.5. The molecule has 0 amide bonds. The van der Waals surface area contributed by atoms with Gasteiger partial charge in [0.05, 0.1) is 31.5 Å². The highest BCUT2D eigenvalue weighted by molar-refractivity contribution is 14.0. The summed E-state index contributed by atoms with van der Waals surface area (Å²) in [5.74, 6) is -0.0688. The molecule has 0 radical (unpaired) electrons. The van der Waals surface area contributed by atoms with Gasteiger partial charge in [0, 0.05) is 32.9 Å². The van der Waals surface area contributed by atoms with Gasteiger partial charge in [-0.3, -0.25) is 14.9 Å². The number of pyridine rings is 1. The molecule has 0 aliphatic carbocycles. The third-order valence-corrected chi connectivity index (χ3v) is 4.69. The molecule has 1 unspecified atom stereocenters. The molecule has 3 rings (SSSR count). The summed E-state index contributed by atoms with van der Waals surface area (Å²) < 4.78 is 32.5. The number of ether oxygens (including phenoxy) is 1. The molecule has 29 heavy (non-hydrogen) atoms. The second kappa shape index (κ2) is 12.0. The molecule has 1 aliphatic rings. The van der Waals surface area contributed by atoms with E-state index in [2.05, 4.69) is 25.5 Å². The van der Waals surface area contributed by atoms with Crippen LogP contribution >= 0.6 is 24.0 Å². The van der Waals surface area contributed by atoms with Crippen molar-refractivity contribution in [3.63, 3.8) is 0 Å². The lowest BCUT2D eigenvalue weighted by Crippen LogP contribution is -2.46. The average molecular weight is 517 g/mol. The second-order valence-corrected chi connectivity index (χ2v) is 6.45. The van der Waals surface area contributed by atoms with Crippen molar-refractivity contribution < 1.29 is 13.5 Å². The van der Waals surface area contributed by atoms with Crippen molar-refractivity contribution in [2.24, 2.45) is 4.99 Å². The molecule has 1 fully saturated rings. The summed E-state index contributed by atoms with van der Waals surface area (Å²) in [5, 5.41) is 6.36. The number of nitrogens with zero attached hydrogens (tertiary/aromatic N) is 3. The van der Waals surface area contributed by atoms with Crippen LogP contribution < -0.4 is 10.6 Å². The molecule has 1 aromatic heterocycles. The highest BCUT2D eigenvalue weighted by atomic mass is 127. The van der Waals surface area contributed by atoms with E-state index in [1.165, 1.54) is 18.2 Å². The zero-order valence-corrected chi connectivity index (χ0v) is 18.6. The van der Waals surface area contributed by atoms with Gasteiger partial charge in [0.2, 0.25) is 0 Å². The van der Waals surface area contributed by atoms with Crippen LogP contribution in [-0.4, -0.2) is 55.7 Å². The van der Waals surface area contributed by atoms with Gasteiger partial charge in [0.1, 0.15) is 11.6 Å². The number of hydrogen-bond donors (Lipinski definition) is 2. The van der Waals surface area contributed by atoms with Gasteiger partial charge in [0.15, 0.2) is 5.96 Å². The minimum absolute atomic E-state index is 0. The molecule has 0 bridgehead atoms. The Morgan fingerprint density at radius 1 is 1.17 bits per heavy atom. The summed E-state index contributed by atoms with van der Waals surface area (Å²) in [6, 6.07) is 9.52. The number of benzene rings is 1. The highest BCUT2D eigenvalue weighted by Crippen LogP contribution is 2.21. The molecular formula is C20H26F2IN5O. The van der Waals surface area contributed by atoms with E-state index in [1.807, 2.05) is 0 Å². The predicted octanol–water partition coefficient (Wildman–Crippen LogP) is 2.72. The molecule has 1 atom stereocenters. The number of hydrogen-bond acceptors (Lipinski definition) is 4. The first-order chi connectivity index (χ1) is 13.7. The Balaban J connectivity index is 0.00000300. The van der Waals surface area contributed by atoms with Crippen LogP contribution in [0.15, 0.2) is 47.6 Å². The standard InChI is InChI=1S/C20H25F2N5O.HI/c1-23-20(25-13-18-17(22)3-2-8-24-18)26-14-19(27-9-11-28-12-10-27)15-4-6-16(21)7-5-15;/h2-8,19H,9-14H2,1H3,(H2,23,25,26);1H. The third kappa shape index (κ3) is 6.86. The molecule has 1 saturated heterocycles. The van der Waals surface area contributed by atoms with Crippen LogP contribution in [-0.2, 0) is 11.3 Å². The molecule has 6 nitrogen and oxygen atoms in total. The van der Waals surface area contributed by atoms with Crippen LogP contribution in [0.25, 0.3) is 0 Å². The van der Waals surface area contributed by atoms with E-state index in [-0.39, 0.29) is 48.2 Å². The lowest BCUT2D eigenvalue weighted by atomic mass is 10.0. The van der Waals surface area contributed by atoms with Gasteiger partial charge < -0.3 is 15.4 Å². The van der Waals surface area contributed by atoms with Crippen molar-refractivity contribution in [3.8, 4) is 0 Å². The molecule has 2 aromatic rings. The van der Waals surface area contributed by atoms with E-state index in [1.54, 1.807) is 31.4 Å². The minimum Gasteiger partial charge on any atom is -0.379 e. The summed E-state index contributed by atoms with van der Waals surface area (Å²) in [7, 11) is 1.66. The van der Waals surface area contributed by atoms with Crippen LogP contribution in [0.1, 0.15) is 17.3 Å². The molecule has 158 valence electrons. The topological polar surface area (TPSA) is 61.8 Å². The van der Waals surface area contributed by atoms with Gasteiger partial charge in [0.25, 0.3) is 0 Å². The molecule has 9 heteroatoms. The number of morpholine rings is 1. The predicted molar refractivity (Wildman–Crippen MR) is 119 cm³/mol. The summed E-state index contributed by atoms with van der Waals surface area (Å²) >= 11 is 0. The molecule has 1 aromatic carbocycles. The Hall–Kier alpha value is -1.85. The van der Waals surface area contributed by atoms with Crippen LogP contribution in [0.5, 0.6) is 0 Å². The first-order valence-electron chi connectivity index (χ1n) is 9.28. The Labute approximate surface area is 186 Å². The SMILES string of the molecule is CN=C(NCc1ncccc1F)NCC(c1ccc(F)cc1)N1CCOCC1.I. The van der Waals surface area contributed by atoms with Crippen molar-refractivity contribution in [3.05, 3.63) is 65.5 Å². The van der Waals surface area contributed by atoms with Gasteiger partial charge in [-0.25, -0.2) is 8.78 Å². The van der Waals surface area contributed by atoms with Crippen LogP contribution in [0.4, 0.5) is 8.78 Å². The maximum atomic E-state index is 13.7. The summed E-state index contributed by atoms with van der Waals surface area (Å²) in [6.07, 6.45) is 1.55. The largest absolute Gasteiger partial charge is 0.379 e. The lowest BCUT2D eigenvalue weighted by Gasteiger charge is -2.35. The van der Waals surface area contributed by atoms with Gasteiger partial charge >= 0.3 is 0 Å². The maximum absolute atomic E-state index is 13.7. The van der Waals surface area contributed by atoms with Crippen molar-refractivity contribution in [1.82, 2.24) is 20.5 Å². The van der Waals surface area contributed by atoms with Gasteiger partial charge in [-0.2, -0.15) is 0 Å². The summed E-state index contributed by atoms with van der Waals surface area (Å²) in [6.45, 7) is 3.73. The lowest BCUT2D eigenvalue weighted by molar-refractivity contribution is 0.0170. The molecule has 0 saturated carbocycles. The normalized spacial score (nSPS) is 16.0. The van der Waals surface area contributed by atoms with E-state index in [0.717, 1.165) is 18.7 Å². The zero-order chi connectivity index (χ0) is 19.8. The second-order valence-electron chi connectivity index (χ2n) is 6.45. The van der Waals surface area contributed by atoms with Gasteiger partial charge in [-0.15, -0.1) is 24.0 Å². The number of aliphatic imine (C=N–C) groups is 1. The van der Waals surface area contributed by atoms with E-state index in [9.17, 15) is 8.78 Å². The Morgan fingerprint density at radius 3 is 2.55 bits per heavy atom. The van der Waals surface area contributed by atoms with E-state index in [4.69, 9.17) is 4.74 Å². The third-order valence-electron chi connectivity index (χ3n) is 4.69. The molecular weight excluding hydrogens is 491 g/mol. The zero-order valence-electron chi connectivity index (χ0n) is 16.3. The van der Waals surface area contributed by atoms with E-state index in [0.29, 0.717) is 31.4 Å². The van der Waals surface area contributed by atoms with Crippen molar-refractivity contribution in [2.45, 2.75) is 12.6 Å².